The van der Waals surface area contributed by atoms with Crippen LogP contribution in [-0.4, -0.2) is 24.2 Å². The number of aryl methyl sites for hydroxylation is 1. The summed E-state index contributed by atoms with van der Waals surface area (Å²) >= 11 is 0. The van der Waals surface area contributed by atoms with E-state index in [1.165, 1.54) is 0 Å². The molecule has 1 aromatic carbocycles. The summed E-state index contributed by atoms with van der Waals surface area (Å²) < 4.78 is 10.5. The molecule has 21 heavy (non-hydrogen) atoms. The van der Waals surface area contributed by atoms with Crippen LogP contribution in [0.4, 0.5) is 0 Å². The van der Waals surface area contributed by atoms with Gasteiger partial charge in [0.05, 0.1) is 12.3 Å². The number of aromatic nitrogens is 1. The van der Waals surface area contributed by atoms with Crippen molar-refractivity contribution in [1.82, 2.24) is 10.5 Å². The summed E-state index contributed by atoms with van der Waals surface area (Å²) in [6.07, 6.45) is 1.85. The highest BCUT2D eigenvalue weighted by atomic mass is 16.5. The quantitative estimate of drug-likeness (QED) is 0.758. The maximum absolute atomic E-state index is 11.6. The fraction of sp³-hybridized carbons (Fsp3) is 0.375. The minimum Gasteiger partial charge on any atom is -0.494 e. The van der Waals surface area contributed by atoms with E-state index in [0.717, 1.165) is 17.2 Å². The van der Waals surface area contributed by atoms with Crippen LogP contribution in [-0.2, 0) is 11.2 Å². The summed E-state index contributed by atoms with van der Waals surface area (Å²) in [4.78, 5) is 11.6. The van der Waals surface area contributed by atoms with Crippen molar-refractivity contribution < 1.29 is 14.1 Å². The number of carbonyl (C=O) groups is 1. The molecule has 0 aliphatic carbocycles. The fourth-order valence-electron chi connectivity index (χ4n) is 1.89. The van der Waals surface area contributed by atoms with Gasteiger partial charge < -0.3 is 14.6 Å². The lowest BCUT2D eigenvalue weighted by Crippen LogP contribution is -2.25. The molecule has 0 saturated carbocycles. The number of ether oxygens (including phenoxy) is 1. The van der Waals surface area contributed by atoms with Crippen molar-refractivity contribution in [2.45, 2.75) is 26.2 Å². The van der Waals surface area contributed by atoms with Crippen molar-refractivity contribution >= 4 is 5.91 Å². The molecular weight excluding hydrogens is 268 g/mol. The molecule has 1 N–H and O–H groups in total. The normalized spacial score (nSPS) is 10.3. The van der Waals surface area contributed by atoms with Crippen molar-refractivity contribution in [1.29, 1.82) is 0 Å². The second-order valence-corrected chi connectivity index (χ2v) is 4.79. The van der Waals surface area contributed by atoms with Crippen LogP contribution in [0.5, 0.6) is 5.75 Å². The van der Waals surface area contributed by atoms with Gasteiger partial charge >= 0.3 is 0 Å². The molecule has 0 bridgehead atoms. The zero-order valence-corrected chi connectivity index (χ0v) is 12.2. The van der Waals surface area contributed by atoms with Gasteiger partial charge in [0.25, 0.3) is 0 Å². The number of amides is 1. The van der Waals surface area contributed by atoms with Crippen molar-refractivity contribution in [3.05, 3.63) is 47.9 Å². The Labute approximate surface area is 124 Å². The number of benzene rings is 1. The molecular formula is C16H20N2O3. The van der Waals surface area contributed by atoms with Gasteiger partial charge in [-0.05, 0) is 25.5 Å². The van der Waals surface area contributed by atoms with Gasteiger partial charge in [-0.1, -0.05) is 23.4 Å². The Hall–Kier alpha value is -2.30. The maximum Gasteiger partial charge on any atom is 0.220 e. The maximum atomic E-state index is 11.6. The van der Waals surface area contributed by atoms with Crippen LogP contribution in [0, 0.1) is 6.92 Å². The van der Waals surface area contributed by atoms with Gasteiger partial charge in [-0.15, -0.1) is 0 Å². The average molecular weight is 288 g/mol. The summed E-state index contributed by atoms with van der Waals surface area (Å²) in [5.41, 5.74) is 0.861. The molecule has 0 fully saturated rings. The first-order chi connectivity index (χ1) is 10.2. The van der Waals surface area contributed by atoms with Crippen molar-refractivity contribution in [3.8, 4) is 5.75 Å². The second kappa shape index (κ2) is 8.09. The van der Waals surface area contributed by atoms with Crippen LogP contribution in [0.3, 0.4) is 0 Å². The number of carbonyl (C=O) groups excluding carboxylic acids is 1. The highest BCUT2D eigenvalue weighted by molar-refractivity contribution is 5.75. The predicted molar refractivity (Wildman–Crippen MR) is 79.1 cm³/mol. The molecule has 0 aliphatic heterocycles. The summed E-state index contributed by atoms with van der Waals surface area (Å²) in [6, 6.07) is 11.5. The highest BCUT2D eigenvalue weighted by Crippen LogP contribution is 2.08. The van der Waals surface area contributed by atoms with Crippen molar-refractivity contribution in [2.24, 2.45) is 0 Å². The van der Waals surface area contributed by atoms with Gasteiger partial charge in [0.2, 0.25) is 5.91 Å². The predicted octanol–water partition coefficient (Wildman–Crippen LogP) is 2.50. The van der Waals surface area contributed by atoms with E-state index in [0.29, 0.717) is 32.4 Å². The van der Waals surface area contributed by atoms with E-state index in [9.17, 15) is 4.79 Å². The molecule has 0 atom stereocenters. The standard InChI is InChI=1S/C16H20N2O3/c1-13-12-14(18-21-13)9-10-17-16(19)8-5-11-20-15-6-3-2-4-7-15/h2-4,6-7,12H,5,8-11H2,1H3,(H,17,19). The molecule has 0 saturated heterocycles. The Morgan fingerprint density at radius 2 is 2.14 bits per heavy atom. The van der Waals surface area contributed by atoms with E-state index in [1.54, 1.807) is 0 Å². The van der Waals surface area contributed by atoms with E-state index in [4.69, 9.17) is 9.26 Å². The first-order valence-electron chi connectivity index (χ1n) is 7.11. The van der Waals surface area contributed by atoms with Gasteiger partial charge in [-0.25, -0.2) is 0 Å². The van der Waals surface area contributed by atoms with Crippen LogP contribution < -0.4 is 10.1 Å². The number of para-hydroxylation sites is 1. The second-order valence-electron chi connectivity index (χ2n) is 4.79. The molecule has 0 unspecified atom stereocenters. The van der Waals surface area contributed by atoms with Gasteiger partial charge in [-0.2, -0.15) is 0 Å². The van der Waals surface area contributed by atoms with E-state index in [1.807, 2.05) is 43.3 Å². The summed E-state index contributed by atoms with van der Waals surface area (Å²) in [5.74, 6) is 1.65. The molecule has 1 amide bonds. The molecule has 5 nitrogen and oxygen atoms in total. The smallest absolute Gasteiger partial charge is 0.220 e. The number of hydrogen-bond acceptors (Lipinski definition) is 4. The molecule has 112 valence electrons. The van der Waals surface area contributed by atoms with Crippen LogP contribution in [0.2, 0.25) is 0 Å². The molecule has 1 heterocycles. The number of nitrogens with one attached hydrogen (secondary N) is 1. The zero-order chi connectivity index (χ0) is 14.9. The van der Waals surface area contributed by atoms with E-state index in [-0.39, 0.29) is 5.91 Å². The molecule has 0 radical (unpaired) electrons. The number of nitrogens with zero attached hydrogens (tertiary/aromatic N) is 1. The molecule has 1 aromatic heterocycles. The Bertz CT molecular complexity index is 552. The van der Waals surface area contributed by atoms with Gasteiger partial charge in [0.15, 0.2) is 0 Å². The molecule has 0 spiro atoms. The van der Waals surface area contributed by atoms with Gasteiger partial charge in [0, 0.05) is 25.5 Å². The van der Waals surface area contributed by atoms with Crippen molar-refractivity contribution in [2.75, 3.05) is 13.2 Å². The fourth-order valence-corrected chi connectivity index (χ4v) is 1.89. The zero-order valence-electron chi connectivity index (χ0n) is 12.2. The summed E-state index contributed by atoms with van der Waals surface area (Å²) in [7, 11) is 0. The topological polar surface area (TPSA) is 64.4 Å². The largest absolute Gasteiger partial charge is 0.494 e. The van der Waals surface area contributed by atoms with Crippen molar-refractivity contribution in [3.63, 3.8) is 0 Å². The third kappa shape index (κ3) is 5.69. The van der Waals surface area contributed by atoms with Crippen LogP contribution in [0.15, 0.2) is 40.9 Å². The molecule has 0 aliphatic rings. The number of rotatable bonds is 8. The first kappa shape index (κ1) is 15.1. The van der Waals surface area contributed by atoms with Gasteiger partial charge in [-0.3, -0.25) is 4.79 Å². The average Bonchev–Trinajstić information content (AvgIpc) is 2.90. The SMILES string of the molecule is Cc1cc(CCNC(=O)CCCOc2ccccc2)no1. The van der Waals surface area contributed by atoms with Crippen LogP contribution >= 0.6 is 0 Å². The monoisotopic (exact) mass is 288 g/mol. The minimum atomic E-state index is 0.0341. The van der Waals surface area contributed by atoms with Crippen LogP contribution in [0.25, 0.3) is 0 Å². The lowest BCUT2D eigenvalue weighted by molar-refractivity contribution is -0.121. The number of hydrogen-bond donors (Lipinski definition) is 1. The first-order valence-corrected chi connectivity index (χ1v) is 7.11. The lowest BCUT2D eigenvalue weighted by atomic mass is 10.2. The van der Waals surface area contributed by atoms with E-state index >= 15 is 0 Å². The third-order valence-electron chi connectivity index (χ3n) is 2.94. The van der Waals surface area contributed by atoms with Gasteiger partial charge in [0.1, 0.15) is 11.5 Å². The highest BCUT2D eigenvalue weighted by Gasteiger charge is 2.03. The minimum absolute atomic E-state index is 0.0341. The van der Waals surface area contributed by atoms with E-state index in [2.05, 4.69) is 10.5 Å². The molecule has 5 heteroatoms. The molecule has 2 aromatic rings. The van der Waals surface area contributed by atoms with E-state index < -0.39 is 0 Å². The van der Waals surface area contributed by atoms with Crippen LogP contribution in [0.1, 0.15) is 24.3 Å². The molecule has 2 rings (SSSR count). The third-order valence-corrected chi connectivity index (χ3v) is 2.94. The Morgan fingerprint density at radius 1 is 1.33 bits per heavy atom. The Kier molecular flexibility index (Phi) is 5.82. The summed E-state index contributed by atoms with van der Waals surface area (Å²) in [5, 5.41) is 6.74. The lowest BCUT2D eigenvalue weighted by Gasteiger charge is -2.06. The summed E-state index contributed by atoms with van der Waals surface area (Å²) in [6.45, 7) is 2.96. The Morgan fingerprint density at radius 3 is 2.86 bits per heavy atom. The Balaban J connectivity index is 1.53.